The minimum atomic E-state index is -0.983. The second-order valence-corrected chi connectivity index (χ2v) is 16.8. The lowest BCUT2D eigenvalue weighted by Gasteiger charge is -2.49. The summed E-state index contributed by atoms with van der Waals surface area (Å²) in [6.45, 7) is 10.4. The summed E-state index contributed by atoms with van der Waals surface area (Å²) in [6.07, 6.45) is 3.57. The Morgan fingerprint density at radius 2 is 1.47 bits per heavy atom. The number of benzene rings is 3. The zero-order chi connectivity index (χ0) is 39.6. The van der Waals surface area contributed by atoms with Gasteiger partial charge in [0.1, 0.15) is 12.1 Å². The molecule has 5 fully saturated rings. The second-order valence-electron chi connectivity index (χ2n) is 16.5. The molecule has 0 bridgehead atoms. The lowest BCUT2D eigenvalue weighted by molar-refractivity contribution is -0.136. The zero-order valence-corrected chi connectivity index (χ0v) is 32.8. The number of nitrogens with one attached hydrogen (secondary N) is 1. The molecule has 1 spiro atoms. The first-order valence-electron chi connectivity index (χ1n) is 20.0. The first-order chi connectivity index (χ1) is 27.5. The van der Waals surface area contributed by atoms with Crippen molar-refractivity contribution in [2.24, 2.45) is 5.41 Å². The fourth-order valence-electron chi connectivity index (χ4n) is 9.73. The van der Waals surface area contributed by atoms with E-state index in [9.17, 15) is 29.2 Å². The molecule has 294 valence electrons. The smallest absolute Gasteiger partial charge is 0.262 e. The average Bonchev–Trinajstić information content (AvgIpc) is 3.72. The Bertz CT molecular complexity index is 2220. The van der Waals surface area contributed by atoms with Gasteiger partial charge in [-0.3, -0.25) is 39.1 Å². The summed E-state index contributed by atoms with van der Waals surface area (Å²) in [5.74, 6) is -1.96. The van der Waals surface area contributed by atoms with Gasteiger partial charge in [-0.05, 0) is 98.2 Å². The molecular formula is C43H45ClN8O5. The molecule has 6 aliphatic heterocycles. The van der Waals surface area contributed by atoms with Crippen LogP contribution in [-0.4, -0.2) is 122 Å². The van der Waals surface area contributed by atoms with E-state index >= 15 is 0 Å². The maximum atomic E-state index is 13.5. The van der Waals surface area contributed by atoms with Gasteiger partial charge in [0.05, 0.1) is 21.7 Å². The molecule has 5 saturated heterocycles. The van der Waals surface area contributed by atoms with Crippen molar-refractivity contribution in [3.63, 3.8) is 0 Å². The number of amides is 5. The molecule has 9 rings (SSSR count). The van der Waals surface area contributed by atoms with Gasteiger partial charge in [-0.2, -0.15) is 5.26 Å². The predicted octanol–water partition coefficient (Wildman–Crippen LogP) is 4.06. The van der Waals surface area contributed by atoms with Crippen LogP contribution in [0.5, 0.6) is 0 Å². The summed E-state index contributed by atoms with van der Waals surface area (Å²) in [5.41, 5.74) is 6.17. The molecule has 1 unspecified atom stereocenters. The van der Waals surface area contributed by atoms with Crippen molar-refractivity contribution in [3.05, 3.63) is 87.4 Å². The van der Waals surface area contributed by atoms with Gasteiger partial charge in [0, 0.05) is 101 Å². The van der Waals surface area contributed by atoms with Crippen molar-refractivity contribution in [2.45, 2.75) is 51.1 Å². The number of fused-ring (bicyclic) bond motifs is 1. The summed E-state index contributed by atoms with van der Waals surface area (Å²) >= 11 is 6.49. The monoisotopic (exact) mass is 788 g/mol. The van der Waals surface area contributed by atoms with Crippen LogP contribution in [0.3, 0.4) is 0 Å². The van der Waals surface area contributed by atoms with Gasteiger partial charge < -0.3 is 19.6 Å². The Morgan fingerprint density at radius 3 is 2.16 bits per heavy atom. The molecule has 6 aliphatic rings. The first kappa shape index (κ1) is 37.1. The van der Waals surface area contributed by atoms with Gasteiger partial charge in [-0.1, -0.05) is 11.6 Å². The van der Waals surface area contributed by atoms with E-state index in [1.54, 1.807) is 12.1 Å². The quantitative estimate of drug-likeness (QED) is 0.364. The van der Waals surface area contributed by atoms with E-state index in [-0.39, 0.29) is 35.3 Å². The molecule has 0 radical (unpaired) electrons. The van der Waals surface area contributed by atoms with E-state index in [0.29, 0.717) is 35.3 Å². The predicted molar refractivity (Wildman–Crippen MR) is 215 cm³/mol. The van der Waals surface area contributed by atoms with Crippen molar-refractivity contribution in [1.29, 1.82) is 5.26 Å². The number of rotatable bonds is 6. The third kappa shape index (κ3) is 6.58. The molecular weight excluding hydrogens is 744 g/mol. The number of nitrogens with zero attached hydrogens (tertiary/aromatic N) is 7. The molecule has 57 heavy (non-hydrogen) atoms. The number of nitriles is 1. The van der Waals surface area contributed by atoms with E-state index in [2.05, 4.69) is 43.1 Å². The third-order valence-electron chi connectivity index (χ3n) is 13.3. The first-order valence-corrected chi connectivity index (χ1v) is 20.3. The summed E-state index contributed by atoms with van der Waals surface area (Å²) in [7, 11) is 0. The Kier molecular flexibility index (Phi) is 9.44. The van der Waals surface area contributed by atoms with Crippen molar-refractivity contribution in [3.8, 4) is 6.07 Å². The van der Waals surface area contributed by atoms with Crippen LogP contribution in [0, 0.1) is 23.7 Å². The van der Waals surface area contributed by atoms with Crippen LogP contribution in [-0.2, 0) is 9.59 Å². The maximum absolute atomic E-state index is 13.5. The Morgan fingerprint density at radius 1 is 0.807 bits per heavy atom. The molecule has 5 amide bonds. The van der Waals surface area contributed by atoms with E-state index in [1.165, 1.54) is 0 Å². The highest BCUT2D eigenvalue weighted by molar-refractivity contribution is 6.33. The van der Waals surface area contributed by atoms with Crippen LogP contribution < -0.4 is 20.0 Å². The van der Waals surface area contributed by atoms with E-state index < -0.39 is 29.7 Å². The zero-order valence-electron chi connectivity index (χ0n) is 32.0. The number of carbonyl (C=O) groups is 5. The third-order valence-corrected chi connectivity index (χ3v) is 13.8. The SMILES string of the molecule is Cc1c(N2CCC3(CCN(c4ccc(C(=O)N5CCN(C6CN(c7ccc8c(c7)C(=O)N(C7CCC(=O)NC7=O)C8=O)C6)CC5)cc4)CC3)C2)ccc(C#N)c1Cl. The summed E-state index contributed by atoms with van der Waals surface area (Å²) < 4.78 is 0. The van der Waals surface area contributed by atoms with E-state index in [0.717, 1.165) is 99.1 Å². The number of hydrogen-bond acceptors (Lipinski definition) is 10. The summed E-state index contributed by atoms with van der Waals surface area (Å²) in [4.78, 5) is 76.4. The summed E-state index contributed by atoms with van der Waals surface area (Å²) in [5, 5.41) is 12.1. The van der Waals surface area contributed by atoms with Gasteiger partial charge in [-0.15, -0.1) is 0 Å². The molecule has 3 aromatic carbocycles. The van der Waals surface area contributed by atoms with Crippen LogP contribution in [0.2, 0.25) is 5.02 Å². The minimum Gasteiger partial charge on any atom is -0.371 e. The number of piperazine rings is 1. The molecule has 14 heteroatoms. The number of halogens is 1. The number of imide groups is 2. The number of anilines is 3. The van der Waals surface area contributed by atoms with E-state index in [1.807, 2.05) is 42.2 Å². The molecule has 6 heterocycles. The molecule has 3 aromatic rings. The largest absolute Gasteiger partial charge is 0.371 e. The van der Waals surface area contributed by atoms with Crippen LogP contribution >= 0.6 is 11.6 Å². The fraction of sp³-hybridized carbons (Fsp3) is 0.442. The van der Waals surface area contributed by atoms with Crippen LogP contribution in [0.15, 0.2) is 54.6 Å². The number of piperidine rings is 2. The summed E-state index contributed by atoms with van der Waals surface area (Å²) in [6, 6.07) is 18.7. The molecule has 13 nitrogen and oxygen atoms in total. The molecule has 0 saturated carbocycles. The van der Waals surface area contributed by atoms with Crippen molar-refractivity contribution in [2.75, 3.05) is 80.1 Å². The van der Waals surface area contributed by atoms with Crippen LogP contribution in [0.1, 0.15) is 74.3 Å². The Hall–Kier alpha value is -5.45. The normalized spacial score (nSPS) is 22.5. The lowest BCUT2D eigenvalue weighted by Crippen LogP contribution is -2.63. The Balaban J connectivity index is 0.738. The van der Waals surface area contributed by atoms with Crippen molar-refractivity contribution < 1.29 is 24.0 Å². The standard InChI is InChI=1S/C43H45ClN8O5/c1-27-35(9-4-29(23-45)38(27)44)50-17-14-43(26-50)12-15-47(16-13-43)30-5-2-28(3-6-30)40(55)49-20-18-48(19-21-49)32-24-51(25-32)31-7-8-33-34(22-31)42(57)52(41(33)56)36-10-11-37(53)46-39(36)54/h2-9,22,32,36H,10-21,24-26H2,1H3,(H,46,53,54). The maximum Gasteiger partial charge on any atom is 0.262 e. The van der Waals surface area contributed by atoms with Gasteiger partial charge in [0.2, 0.25) is 11.8 Å². The highest BCUT2D eigenvalue weighted by Gasteiger charge is 2.46. The highest BCUT2D eigenvalue weighted by atomic mass is 35.5. The van der Waals surface area contributed by atoms with Crippen molar-refractivity contribution >= 4 is 58.2 Å². The average molecular weight is 789 g/mol. The van der Waals surface area contributed by atoms with Crippen molar-refractivity contribution in [1.82, 2.24) is 20.0 Å². The van der Waals surface area contributed by atoms with Gasteiger partial charge >= 0.3 is 0 Å². The lowest BCUT2D eigenvalue weighted by atomic mass is 9.77. The Labute approximate surface area is 336 Å². The van der Waals surface area contributed by atoms with E-state index in [4.69, 9.17) is 11.6 Å². The topological polar surface area (TPSA) is 141 Å². The van der Waals surface area contributed by atoms with Gasteiger partial charge in [-0.25, -0.2) is 0 Å². The van der Waals surface area contributed by atoms with Crippen LogP contribution in [0.4, 0.5) is 17.1 Å². The second kappa shape index (κ2) is 14.5. The number of carbonyl (C=O) groups excluding carboxylic acids is 5. The van der Waals surface area contributed by atoms with Gasteiger partial charge in [0.15, 0.2) is 0 Å². The molecule has 0 aliphatic carbocycles. The molecule has 1 N–H and O–H groups in total. The molecule has 1 atom stereocenters. The fourth-order valence-corrected chi connectivity index (χ4v) is 9.93. The number of hydrogen-bond donors (Lipinski definition) is 1. The minimum absolute atomic E-state index is 0.0574. The molecule has 0 aromatic heterocycles. The highest BCUT2D eigenvalue weighted by Crippen LogP contribution is 2.44. The van der Waals surface area contributed by atoms with Gasteiger partial charge in [0.25, 0.3) is 17.7 Å². The van der Waals surface area contributed by atoms with Crippen LogP contribution in [0.25, 0.3) is 0 Å².